The molecule has 94 valence electrons. The number of aryl methyl sites for hydroxylation is 1. The van der Waals surface area contributed by atoms with E-state index in [1.165, 1.54) is 0 Å². The fraction of sp³-hybridized carbons (Fsp3) is 0.500. The van der Waals surface area contributed by atoms with E-state index in [9.17, 15) is 4.79 Å². The maximum absolute atomic E-state index is 11.0. The van der Waals surface area contributed by atoms with Crippen molar-refractivity contribution >= 4 is 11.6 Å². The highest BCUT2D eigenvalue weighted by Crippen LogP contribution is 2.37. The van der Waals surface area contributed by atoms with Crippen molar-refractivity contribution in [3.63, 3.8) is 0 Å². The van der Waals surface area contributed by atoms with E-state index in [-0.39, 0.29) is 11.8 Å². The molecule has 2 unspecified atom stereocenters. The third kappa shape index (κ3) is 1.73. The van der Waals surface area contributed by atoms with Gasteiger partial charge in [0, 0.05) is 17.7 Å². The van der Waals surface area contributed by atoms with Crippen molar-refractivity contribution in [2.45, 2.75) is 32.1 Å². The van der Waals surface area contributed by atoms with Gasteiger partial charge in [0.15, 0.2) is 5.65 Å². The molecule has 0 aromatic carbocycles. The van der Waals surface area contributed by atoms with Gasteiger partial charge in [0.25, 0.3) is 0 Å². The molecule has 6 nitrogen and oxygen atoms in total. The summed E-state index contributed by atoms with van der Waals surface area (Å²) in [6, 6.07) is 1.88. The average Bonchev–Trinajstić information content (AvgIpc) is 2.92. The molecular weight excluding hydrogens is 232 g/mol. The van der Waals surface area contributed by atoms with Crippen molar-refractivity contribution in [3.8, 4) is 0 Å². The zero-order valence-electron chi connectivity index (χ0n) is 10.1. The molecule has 0 radical (unpaired) electrons. The van der Waals surface area contributed by atoms with Gasteiger partial charge in [-0.3, -0.25) is 9.20 Å². The van der Waals surface area contributed by atoms with E-state index in [4.69, 9.17) is 5.11 Å². The average molecular weight is 246 g/mol. The first-order valence-electron chi connectivity index (χ1n) is 6.05. The highest BCUT2D eigenvalue weighted by atomic mass is 16.4. The Morgan fingerprint density at radius 3 is 3.00 bits per heavy atom. The Morgan fingerprint density at radius 2 is 2.28 bits per heavy atom. The second-order valence-corrected chi connectivity index (χ2v) is 4.86. The lowest BCUT2D eigenvalue weighted by Crippen LogP contribution is -2.10. The van der Waals surface area contributed by atoms with Gasteiger partial charge in [0.05, 0.1) is 5.92 Å². The standard InChI is InChI=1S/C12H14N4O2/c1-7-4-10-14-15-11(16(10)6-13-7)8-2-3-9(5-8)12(17)18/h4,6,8-9H,2-3,5H2,1H3,(H,17,18). The first-order chi connectivity index (χ1) is 8.65. The highest BCUT2D eigenvalue weighted by molar-refractivity contribution is 5.70. The maximum atomic E-state index is 11.0. The maximum Gasteiger partial charge on any atom is 0.306 e. The Balaban J connectivity index is 1.94. The van der Waals surface area contributed by atoms with Crippen LogP contribution in [0.5, 0.6) is 0 Å². The summed E-state index contributed by atoms with van der Waals surface area (Å²) < 4.78 is 1.86. The van der Waals surface area contributed by atoms with Crippen molar-refractivity contribution in [1.82, 2.24) is 19.6 Å². The molecule has 0 bridgehead atoms. The van der Waals surface area contributed by atoms with E-state index in [2.05, 4.69) is 15.2 Å². The summed E-state index contributed by atoms with van der Waals surface area (Å²) in [5, 5.41) is 17.3. The topological polar surface area (TPSA) is 80.4 Å². The smallest absolute Gasteiger partial charge is 0.306 e. The molecule has 2 heterocycles. The SMILES string of the molecule is Cc1cc2nnc(C3CCC(C(=O)O)C3)n2cn1. The molecule has 6 heteroatoms. The molecule has 1 saturated carbocycles. The fourth-order valence-corrected chi connectivity index (χ4v) is 2.62. The van der Waals surface area contributed by atoms with Crippen LogP contribution in [0.1, 0.15) is 36.7 Å². The Hall–Kier alpha value is -1.98. The van der Waals surface area contributed by atoms with Gasteiger partial charge in [0.2, 0.25) is 0 Å². The summed E-state index contributed by atoms with van der Waals surface area (Å²) in [6.45, 7) is 1.91. The summed E-state index contributed by atoms with van der Waals surface area (Å²) in [7, 11) is 0. The summed E-state index contributed by atoms with van der Waals surface area (Å²) in [5.74, 6) is 0.0490. The fourth-order valence-electron chi connectivity index (χ4n) is 2.62. The molecule has 0 saturated heterocycles. The van der Waals surface area contributed by atoms with Crippen molar-refractivity contribution in [2.75, 3.05) is 0 Å². The molecule has 18 heavy (non-hydrogen) atoms. The molecule has 0 spiro atoms. The number of rotatable bonds is 2. The Bertz CT molecular complexity index is 607. The molecule has 0 aliphatic heterocycles. The van der Waals surface area contributed by atoms with Gasteiger partial charge in [0.1, 0.15) is 12.2 Å². The molecule has 2 aromatic rings. The highest BCUT2D eigenvalue weighted by Gasteiger charge is 2.33. The van der Waals surface area contributed by atoms with E-state index in [1.807, 2.05) is 17.4 Å². The zero-order valence-corrected chi connectivity index (χ0v) is 10.1. The molecule has 0 amide bonds. The lowest BCUT2D eigenvalue weighted by molar-refractivity contribution is -0.141. The number of aliphatic carboxylic acids is 1. The van der Waals surface area contributed by atoms with Gasteiger partial charge in [-0.1, -0.05) is 0 Å². The first-order valence-corrected chi connectivity index (χ1v) is 6.05. The zero-order chi connectivity index (χ0) is 12.7. The first kappa shape index (κ1) is 11.1. The lowest BCUT2D eigenvalue weighted by atomic mass is 10.0. The minimum atomic E-state index is -0.708. The number of hydrogen-bond donors (Lipinski definition) is 1. The predicted octanol–water partition coefficient (Wildman–Crippen LogP) is 1.40. The number of aromatic nitrogens is 4. The quantitative estimate of drug-likeness (QED) is 0.866. The molecule has 3 rings (SSSR count). The number of carboxylic acid groups (broad SMARTS) is 1. The van der Waals surface area contributed by atoms with Crippen LogP contribution in [0, 0.1) is 12.8 Å². The summed E-state index contributed by atoms with van der Waals surface area (Å²) in [4.78, 5) is 15.2. The van der Waals surface area contributed by atoms with Crippen molar-refractivity contribution < 1.29 is 9.90 Å². The predicted molar refractivity (Wildman–Crippen MR) is 63.2 cm³/mol. The number of hydrogen-bond acceptors (Lipinski definition) is 4. The minimum Gasteiger partial charge on any atom is -0.481 e. The van der Waals surface area contributed by atoms with Crippen molar-refractivity contribution in [1.29, 1.82) is 0 Å². The van der Waals surface area contributed by atoms with Gasteiger partial charge < -0.3 is 5.11 Å². The number of nitrogens with zero attached hydrogens (tertiary/aromatic N) is 4. The van der Waals surface area contributed by atoms with E-state index < -0.39 is 5.97 Å². The van der Waals surface area contributed by atoms with Crippen LogP contribution in [0.15, 0.2) is 12.4 Å². The summed E-state index contributed by atoms with van der Waals surface area (Å²) in [5.41, 5.74) is 1.67. The monoisotopic (exact) mass is 246 g/mol. The van der Waals surface area contributed by atoms with Crippen molar-refractivity contribution in [3.05, 3.63) is 23.9 Å². The molecule has 1 fully saturated rings. The van der Waals surface area contributed by atoms with Crippen LogP contribution in [0.2, 0.25) is 0 Å². The van der Waals surface area contributed by atoms with Crippen LogP contribution < -0.4 is 0 Å². The van der Waals surface area contributed by atoms with Gasteiger partial charge in [-0.25, -0.2) is 4.98 Å². The molecule has 1 N–H and O–H groups in total. The van der Waals surface area contributed by atoms with Gasteiger partial charge in [-0.15, -0.1) is 10.2 Å². The second kappa shape index (κ2) is 4.04. The molecule has 2 atom stereocenters. The molecule has 1 aliphatic rings. The second-order valence-electron chi connectivity index (χ2n) is 4.86. The van der Waals surface area contributed by atoms with E-state index in [0.717, 1.165) is 23.6 Å². The Morgan fingerprint density at radius 1 is 1.44 bits per heavy atom. The van der Waals surface area contributed by atoms with Crippen LogP contribution in [0.25, 0.3) is 5.65 Å². The van der Waals surface area contributed by atoms with Crippen LogP contribution in [-0.4, -0.2) is 30.7 Å². The molecular formula is C12H14N4O2. The van der Waals surface area contributed by atoms with Gasteiger partial charge in [-0.05, 0) is 26.2 Å². The summed E-state index contributed by atoms with van der Waals surface area (Å²) >= 11 is 0. The summed E-state index contributed by atoms with van der Waals surface area (Å²) in [6.07, 6.45) is 3.93. The third-order valence-electron chi connectivity index (χ3n) is 3.61. The number of carboxylic acids is 1. The lowest BCUT2D eigenvalue weighted by Gasteiger charge is -2.07. The Kier molecular flexibility index (Phi) is 2.50. The minimum absolute atomic E-state index is 0.172. The van der Waals surface area contributed by atoms with E-state index >= 15 is 0 Å². The van der Waals surface area contributed by atoms with Crippen molar-refractivity contribution in [2.24, 2.45) is 5.92 Å². The number of fused-ring (bicyclic) bond motifs is 1. The molecule has 1 aliphatic carbocycles. The third-order valence-corrected chi connectivity index (χ3v) is 3.61. The largest absolute Gasteiger partial charge is 0.481 e. The number of carbonyl (C=O) groups is 1. The van der Waals surface area contributed by atoms with Gasteiger partial charge in [-0.2, -0.15) is 0 Å². The van der Waals surface area contributed by atoms with Crippen LogP contribution in [0.4, 0.5) is 0 Å². The van der Waals surface area contributed by atoms with E-state index in [0.29, 0.717) is 12.8 Å². The van der Waals surface area contributed by atoms with E-state index in [1.54, 1.807) is 6.33 Å². The molecule has 2 aromatic heterocycles. The normalized spacial score (nSPS) is 23.6. The van der Waals surface area contributed by atoms with Gasteiger partial charge >= 0.3 is 5.97 Å². The Labute approximate surface area is 104 Å². The van der Waals surface area contributed by atoms with Crippen LogP contribution in [-0.2, 0) is 4.79 Å². The van der Waals surface area contributed by atoms with Crippen LogP contribution >= 0.6 is 0 Å². The van der Waals surface area contributed by atoms with Crippen LogP contribution in [0.3, 0.4) is 0 Å².